The van der Waals surface area contributed by atoms with Crippen molar-refractivity contribution in [1.82, 2.24) is 0 Å². The minimum atomic E-state index is -0.271. The molecular weight excluding hydrogens is 150 g/mol. The number of thioether (sulfide) groups is 1. The molecular formula is C6H13NO2S. The molecule has 0 atom stereocenters. The number of nitrogens with zero attached hydrogens (tertiary/aromatic N) is 1. The van der Waals surface area contributed by atoms with Gasteiger partial charge in [0.05, 0.1) is 5.75 Å². The van der Waals surface area contributed by atoms with Crippen molar-refractivity contribution in [3.63, 3.8) is 0 Å². The lowest BCUT2D eigenvalue weighted by Gasteiger charge is -2.00. The zero-order chi connectivity index (χ0) is 7.98. The molecule has 0 radical (unpaired) electrons. The summed E-state index contributed by atoms with van der Waals surface area (Å²) in [7, 11) is 0. The van der Waals surface area contributed by atoms with Crippen molar-refractivity contribution in [2.24, 2.45) is 5.92 Å². The smallest absolute Gasteiger partial charge is 0.212 e. The summed E-state index contributed by atoms with van der Waals surface area (Å²) < 4.78 is 0. The van der Waals surface area contributed by atoms with Crippen molar-refractivity contribution >= 4 is 11.8 Å². The monoisotopic (exact) mass is 163 g/mol. The van der Waals surface area contributed by atoms with Crippen LogP contribution in [0.1, 0.15) is 13.8 Å². The van der Waals surface area contributed by atoms with Crippen LogP contribution in [-0.4, -0.2) is 23.0 Å². The molecule has 0 unspecified atom stereocenters. The molecule has 0 aromatic carbocycles. The van der Waals surface area contributed by atoms with E-state index in [4.69, 9.17) is 0 Å². The van der Waals surface area contributed by atoms with E-state index in [1.165, 1.54) is 0 Å². The van der Waals surface area contributed by atoms with Crippen molar-refractivity contribution in [1.29, 1.82) is 0 Å². The molecule has 0 amide bonds. The van der Waals surface area contributed by atoms with Crippen LogP contribution in [0.5, 0.6) is 0 Å². The lowest BCUT2D eigenvalue weighted by atomic mass is 10.3. The third kappa shape index (κ3) is 7.75. The Labute approximate surface area is 65.3 Å². The number of rotatable bonds is 5. The second-order valence-electron chi connectivity index (χ2n) is 2.53. The Morgan fingerprint density at radius 2 is 2.20 bits per heavy atom. The zero-order valence-corrected chi connectivity index (χ0v) is 7.19. The van der Waals surface area contributed by atoms with Gasteiger partial charge in [0.25, 0.3) is 0 Å². The van der Waals surface area contributed by atoms with E-state index in [0.29, 0.717) is 11.7 Å². The molecule has 0 aromatic heterocycles. The first-order valence-electron chi connectivity index (χ1n) is 3.32. The molecule has 0 saturated carbocycles. The molecule has 60 valence electrons. The van der Waals surface area contributed by atoms with Crippen LogP contribution in [0.15, 0.2) is 0 Å². The van der Waals surface area contributed by atoms with Gasteiger partial charge in [0, 0.05) is 4.92 Å². The third-order valence-electron chi connectivity index (χ3n) is 0.869. The van der Waals surface area contributed by atoms with E-state index in [2.05, 4.69) is 13.8 Å². The number of nitro groups is 1. The predicted octanol–water partition coefficient (Wildman–Crippen LogP) is 1.65. The maximum Gasteiger partial charge on any atom is 0.212 e. The normalized spacial score (nSPS) is 10.3. The van der Waals surface area contributed by atoms with Crippen LogP contribution in [0.4, 0.5) is 0 Å². The fourth-order valence-electron chi connectivity index (χ4n) is 0.458. The van der Waals surface area contributed by atoms with E-state index in [0.717, 1.165) is 5.75 Å². The highest BCUT2D eigenvalue weighted by Gasteiger charge is 1.98. The van der Waals surface area contributed by atoms with E-state index < -0.39 is 0 Å². The quantitative estimate of drug-likeness (QED) is 0.351. The van der Waals surface area contributed by atoms with E-state index in [9.17, 15) is 10.1 Å². The fraction of sp³-hybridized carbons (Fsp3) is 1.00. The predicted molar refractivity (Wildman–Crippen MR) is 44.0 cm³/mol. The van der Waals surface area contributed by atoms with Crippen LogP contribution in [0.25, 0.3) is 0 Å². The van der Waals surface area contributed by atoms with Crippen LogP contribution in [0.2, 0.25) is 0 Å². The first kappa shape index (κ1) is 9.75. The first-order chi connectivity index (χ1) is 4.63. The summed E-state index contributed by atoms with van der Waals surface area (Å²) in [6.07, 6.45) is 0. The maximum atomic E-state index is 9.84. The lowest BCUT2D eigenvalue weighted by molar-refractivity contribution is -0.474. The second kappa shape index (κ2) is 5.53. The highest BCUT2D eigenvalue weighted by molar-refractivity contribution is 7.99. The highest BCUT2D eigenvalue weighted by Crippen LogP contribution is 2.06. The second-order valence-corrected chi connectivity index (χ2v) is 3.67. The minimum absolute atomic E-state index is 0.0946. The number of hydrogen-bond donors (Lipinski definition) is 0. The van der Waals surface area contributed by atoms with E-state index in [-0.39, 0.29) is 11.5 Å². The van der Waals surface area contributed by atoms with Crippen LogP contribution in [-0.2, 0) is 0 Å². The third-order valence-corrected chi connectivity index (χ3v) is 2.24. The van der Waals surface area contributed by atoms with Crippen molar-refractivity contribution in [2.45, 2.75) is 13.8 Å². The average molecular weight is 163 g/mol. The van der Waals surface area contributed by atoms with Crippen LogP contribution < -0.4 is 0 Å². The molecule has 10 heavy (non-hydrogen) atoms. The molecule has 0 heterocycles. The SMILES string of the molecule is CC(C)CSCC[N+](=O)[O-]. The summed E-state index contributed by atoms with van der Waals surface area (Å²) in [5.74, 6) is 2.30. The highest BCUT2D eigenvalue weighted by atomic mass is 32.2. The Hall–Kier alpha value is -0.250. The summed E-state index contributed by atoms with van der Waals surface area (Å²) in [6.45, 7) is 4.32. The standard InChI is InChI=1S/C6H13NO2S/c1-6(2)5-10-4-3-7(8)9/h6H,3-5H2,1-2H3. The van der Waals surface area contributed by atoms with Crippen molar-refractivity contribution in [3.8, 4) is 0 Å². The van der Waals surface area contributed by atoms with Crippen molar-refractivity contribution in [3.05, 3.63) is 10.1 Å². The molecule has 4 heteroatoms. The molecule has 0 aliphatic heterocycles. The number of hydrogen-bond acceptors (Lipinski definition) is 3. The molecule has 3 nitrogen and oxygen atoms in total. The summed E-state index contributed by atoms with van der Waals surface area (Å²) >= 11 is 1.65. The summed E-state index contributed by atoms with van der Waals surface area (Å²) in [4.78, 5) is 9.57. The molecule has 0 fully saturated rings. The molecule has 0 saturated heterocycles. The van der Waals surface area contributed by atoms with Gasteiger partial charge in [-0.15, -0.1) is 0 Å². The van der Waals surface area contributed by atoms with Crippen LogP contribution in [0, 0.1) is 16.0 Å². The Kier molecular flexibility index (Phi) is 5.39. The van der Waals surface area contributed by atoms with Gasteiger partial charge in [-0.25, -0.2) is 0 Å². The van der Waals surface area contributed by atoms with E-state index >= 15 is 0 Å². The van der Waals surface area contributed by atoms with Crippen LogP contribution in [0.3, 0.4) is 0 Å². The average Bonchev–Trinajstić information content (AvgIpc) is 1.79. The molecule has 0 spiro atoms. The Balaban J connectivity index is 2.98. The molecule has 0 aliphatic rings. The van der Waals surface area contributed by atoms with E-state index in [1.54, 1.807) is 11.8 Å². The molecule has 0 rings (SSSR count). The van der Waals surface area contributed by atoms with Gasteiger partial charge < -0.3 is 0 Å². The van der Waals surface area contributed by atoms with Gasteiger partial charge in [-0.3, -0.25) is 10.1 Å². The largest absolute Gasteiger partial charge is 0.265 e. The van der Waals surface area contributed by atoms with Crippen molar-refractivity contribution < 1.29 is 4.92 Å². The van der Waals surface area contributed by atoms with Gasteiger partial charge in [-0.1, -0.05) is 13.8 Å². The Morgan fingerprint density at radius 3 is 2.60 bits per heavy atom. The molecule has 0 N–H and O–H groups in total. The summed E-state index contributed by atoms with van der Waals surface area (Å²) in [5.41, 5.74) is 0. The van der Waals surface area contributed by atoms with Crippen molar-refractivity contribution in [2.75, 3.05) is 18.1 Å². The van der Waals surface area contributed by atoms with Gasteiger partial charge in [0.15, 0.2) is 0 Å². The summed E-state index contributed by atoms with van der Waals surface area (Å²) in [6, 6.07) is 0. The molecule has 0 bridgehead atoms. The van der Waals surface area contributed by atoms with E-state index in [1.807, 2.05) is 0 Å². The Morgan fingerprint density at radius 1 is 1.60 bits per heavy atom. The topological polar surface area (TPSA) is 43.1 Å². The molecule has 0 aliphatic carbocycles. The lowest BCUT2D eigenvalue weighted by Crippen LogP contribution is -2.04. The maximum absolute atomic E-state index is 9.84. The van der Waals surface area contributed by atoms with Gasteiger partial charge in [0.2, 0.25) is 6.54 Å². The summed E-state index contributed by atoms with van der Waals surface area (Å²) in [5, 5.41) is 9.84. The zero-order valence-electron chi connectivity index (χ0n) is 6.37. The molecule has 0 aromatic rings. The minimum Gasteiger partial charge on any atom is -0.265 e. The van der Waals surface area contributed by atoms with Crippen LogP contribution >= 0.6 is 11.8 Å². The first-order valence-corrected chi connectivity index (χ1v) is 4.48. The fourth-order valence-corrected chi connectivity index (χ4v) is 1.37. The van der Waals surface area contributed by atoms with Gasteiger partial charge in [-0.2, -0.15) is 11.8 Å². The van der Waals surface area contributed by atoms with Gasteiger partial charge in [-0.05, 0) is 11.7 Å². The van der Waals surface area contributed by atoms with Gasteiger partial charge >= 0.3 is 0 Å². The van der Waals surface area contributed by atoms with Gasteiger partial charge in [0.1, 0.15) is 0 Å². The Bertz CT molecular complexity index is 106.